The van der Waals surface area contributed by atoms with Crippen LogP contribution in [0.25, 0.3) is 11.0 Å². The number of hydrogen-bond acceptors (Lipinski definition) is 3. The first-order chi connectivity index (χ1) is 8.87. The zero-order valence-electron chi connectivity index (χ0n) is 9.71. The summed E-state index contributed by atoms with van der Waals surface area (Å²) < 4.78 is 45.7. The molecule has 0 saturated heterocycles. The molecule has 1 atom stereocenters. The van der Waals surface area contributed by atoms with E-state index < -0.39 is 18.8 Å². The van der Waals surface area contributed by atoms with Crippen LogP contribution in [0.1, 0.15) is 11.8 Å². The van der Waals surface area contributed by atoms with Gasteiger partial charge in [0.25, 0.3) is 0 Å². The van der Waals surface area contributed by atoms with Gasteiger partial charge in [0.15, 0.2) is 5.58 Å². The van der Waals surface area contributed by atoms with Crippen LogP contribution in [-0.4, -0.2) is 19.4 Å². The van der Waals surface area contributed by atoms with Gasteiger partial charge in [-0.25, -0.2) is 0 Å². The zero-order valence-corrected chi connectivity index (χ0v) is 10.5. The number of fused-ring (bicyclic) bond motifs is 1. The van der Waals surface area contributed by atoms with Gasteiger partial charge >= 0.3 is 6.18 Å². The third-order valence-corrected chi connectivity index (χ3v) is 2.74. The molecule has 1 aromatic heterocycles. The van der Waals surface area contributed by atoms with Crippen LogP contribution in [0, 0.1) is 0 Å². The second kappa shape index (κ2) is 5.40. The Morgan fingerprint density at radius 3 is 2.74 bits per heavy atom. The number of ether oxygens (including phenoxy) is 1. The third kappa shape index (κ3) is 3.62. The Kier molecular flexibility index (Phi) is 4.03. The van der Waals surface area contributed by atoms with Crippen molar-refractivity contribution in [2.45, 2.75) is 12.2 Å². The Balaban J connectivity index is 2.05. The Hall–Kier alpha value is -1.24. The van der Waals surface area contributed by atoms with E-state index in [2.05, 4.69) is 4.74 Å². The molecule has 1 heterocycles. The molecule has 0 amide bonds. The normalized spacial score (nSPS) is 13.9. The SMILES string of the molecule is NC(COCC(F)(F)F)c1cc2cccc(Cl)c2o1. The lowest BCUT2D eigenvalue weighted by Crippen LogP contribution is -2.22. The summed E-state index contributed by atoms with van der Waals surface area (Å²) in [5.74, 6) is 0.338. The fourth-order valence-corrected chi connectivity index (χ4v) is 1.83. The van der Waals surface area contributed by atoms with Crippen molar-refractivity contribution in [1.29, 1.82) is 0 Å². The molecule has 104 valence electrons. The molecule has 3 nitrogen and oxygen atoms in total. The van der Waals surface area contributed by atoms with E-state index in [1.54, 1.807) is 24.3 Å². The third-order valence-electron chi connectivity index (χ3n) is 2.44. The maximum absolute atomic E-state index is 11.9. The highest BCUT2D eigenvalue weighted by Crippen LogP contribution is 2.29. The standard InChI is InChI=1S/C12H11ClF3NO2/c13-8-3-1-2-7-4-10(19-11(7)8)9(17)5-18-6-12(14,15)16/h1-4,9H,5-6,17H2. The minimum atomic E-state index is -4.36. The summed E-state index contributed by atoms with van der Waals surface area (Å²) in [5.41, 5.74) is 6.17. The largest absolute Gasteiger partial charge is 0.458 e. The first kappa shape index (κ1) is 14.2. The topological polar surface area (TPSA) is 48.4 Å². The lowest BCUT2D eigenvalue weighted by Gasteiger charge is -2.11. The van der Waals surface area contributed by atoms with Crippen LogP contribution < -0.4 is 5.73 Å². The molecule has 7 heteroatoms. The van der Waals surface area contributed by atoms with Gasteiger partial charge in [-0.1, -0.05) is 23.7 Å². The van der Waals surface area contributed by atoms with Crippen molar-refractivity contribution < 1.29 is 22.3 Å². The molecule has 19 heavy (non-hydrogen) atoms. The van der Waals surface area contributed by atoms with Crippen molar-refractivity contribution in [2.24, 2.45) is 5.73 Å². The van der Waals surface area contributed by atoms with Crippen LogP contribution in [0.2, 0.25) is 5.02 Å². The number of furan rings is 1. The van der Waals surface area contributed by atoms with Crippen molar-refractivity contribution in [3.05, 3.63) is 35.0 Å². The van der Waals surface area contributed by atoms with Gasteiger partial charge in [0, 0.05) is 5.39 Å². The molecule has 2 rings (SSSR count). The number of hydrogen-bond donors (Lipinski definition) is 1. The van der Waals surface area contributed by atoms with Gasteiger partial charge in [0.1, 0.15) is 12.4 Å². The van der Waals surface area contributed by atoms with Crippen LogP contribution in [0.15, 0.2) is 28.7 Å². The van der Waals surface area contributed by atoms with E-state index in [0.717, 1.165) is 5.39 Å². The van der Waals surface area contributed by atoms with E-state index in [-0.39, 0.29) is 6.61 Å². The minimum absolute atomic E-state index is 0.281. The molecule has 2 N–H and O–H groups in total. The molecule has 0 aliphatic carbocycles. The average molecular weight is 294 g/mol. The van der Waals surface area contributed by atoms with Crippen molar-refractivity contribution in [3.63, 3.8) is 0 Å². The minimum Gasteiger partial charge on any atom is -0.458 e. The van der Waals surface area contributed by atoms with Crippen molar-refractivity contribution in [1.82, 2.24) is 0 Å². The fraction of sp³-hybridized carbons (Fsp3) is 0.333. The predicted octanol–water partition coefficient (Wildman–Crippen LogP) is 3.66. The van der Waals surface area contributed by atoms with Gasteiger partial charge in [-0.2, -0.15) is 13.2 Å². The lowest BCUT2D eigenvalue weighted by molar-refractivity contribution is -0.175. The monoisotopic (exact) mass is 293 g/mol. The molecule has 0 fully saturated rings. The summed E-state index contributed by atoms with van der Waals surface area (Å²) in [6.45, 7) is -1.61. The second-order valence-corrected chi connectivity index (χ2v) is 4.45. The van der Waals surface area contributed by atoms with E-state index in [1.165, 1.54) is 0 Å². The molecule has 2 aromatic rings. The number of para-hydroxylation sites is 1. The van der Waals surface area contributed by atoms with Crippen LogP contribution in [0.5, 0.6) is 0 Å². The number of nitrogens with two attached hydrogens (primary N) is 1. The maximum Gasteiger partial charge on any atom is 0.411 e. The summed E-state index contributed by atoms with van der Waals surface area (Å²) >= 11 is 5.92. The smallest absolute Gasteiger partial charge is 0.411 e. The zero-order chi connectivity index (χ0) is 14.0. The summed E-state index contributed by atoms with van der Waals surface area (Å²) in [5, 5.41) is 1.17. The van der Waals surface area contributed by atoms with Gasteiger partial charge in [-0.3, -0.25) is 0 Å². The van der Waals surface area contributed by atoms with Crippen LogP contribution in [-0.2, 0) is 4.74 Å². The van der Waals surface area contributed by atoms with Gasteiger partial charge in [-0.05, 0) is 12.1 Å². The summed E-state index contributed by atoms with van der Waals surface area (Å²) in [6, 6.07) is 6.05. The number of benzene rings is 1. The van der Waals surface area contributed by atoms with Gasteiger partial charge in [-0.15, -0.1) is 0 Å². The Bertz CT molecular complexity index is 568. The van der Waals surface area contributed by atoms with E-state index >= 15 is 0 Å². The average Bonchev–Trinajstić information content (AvgIpc) is 2.72. The van der Waals surface area contributed by atoms with Gasteiger partial charge in [0.2, 0.25) is 0 Å². The van der Waals surface area contributed by atoms with Gasteiger partial charge < -0.3 is 14.9 Å². The van der Waals surface area contributed by atoms with Crippen molar-refractivity contribution >= 4 is 22.6 Å². The quantitative estimate of drug-likeness (QED) is 0.936. The molecule has 0 bridgehead atoms. The molecular formula is C12H11ClF3NO2. The Morgan fingerprint density at radius 1 is 1.37 bits per heavy atom. The summed E-state index contributed by atoms with van der Waals surface area (Å²) in [6.07, 6.45) is -4.36. The molecule has 1 unspecified atom stereocenters. The van der Waals surface area contributed by atoms with E-state index in [1.807, 2.05) is 0 Å². The molecule has 1 aromatic carbocycles. The molecular weight excluding hydrogens is 283 g/mol. The summed E-state index contributed by atoms with van der Waals surface area (Å²) in [4.78, 5) is 0. The van der Waals surface area contributed by atoms with E-state index in [0.29, 0.717) is 16.4 Å². The highest BCUT2D eigenvalue weighted by atomic mass is 35.5. The molecule has 0 aliphatic rings. The molecule has 0 spiro atoms. The van der Waals surface area contributed by atoms with Crippen LogP contribution >= 0.6 is 11.6 Å². The van der Waals surface area contributed by atoms with E-state index in [4.69, 9.17) is 21.8 Å². The lowest BCUT2D eigenvalue weighted by atomic mass is 10.2. The first-order valence-corrected chi connectivity index (χ1v) is 5.82. The second-order valence-electron chi connectivity index (χ2n) is 4.04. The van der Waals surface area contributed by atoms with Crippen LogP contribution in [0.3, 0.4) is 0 Å². The maximum atomic E-state index is 11.9. The first-order valence-electron chi connectivity index (χ1n) is 5.45. The number of rotatable bonds is 4. The number of halogens is 4. The molecule has 0 aliphatic heterocycles. The van der Waals surface area contributed by atoms with Crippen molar-refractivity contribution in [3.8, 4) is 0 Å². The fourth-order valence-electron chi connectivity index (χ4n) is 1.61. The van der Waals surface area contributed by atoms with E-state index in [9.17, 15) is 13.2 Å². The van der Waals surface area contributed by atoms with Crippen LogP contribution in [0.4, 0.5) is 13.2 Å². The number of alkyl halides is 3. The predicted molar refractivity (Wildman–Crippen MR) is 65.0 cm³/mol. The molecule has 0 saturated carbocycles. The molecule has 0 radical (unpaired) electrons. The summed E-state index contributed by atoms with van der Waals surface area (Å²) in [7, 11) is 0. The highest BCUT2D eigenvalue weighted by molar-refractivity contribution is 6.34. The Labute approximate surface area is 112 Å². The highest BCUT2D eigenvalue weighted by Gasteiger charge is 2.28. The van der Waals surface area contributed by atoms with Gasteiger partial charge in [0.05, 0.1) is 17.7 Å². The van der Waals surface area contributed by atoms with Crippen molar-refractivity contribution in [2.75, 3.05) is 13.2 Å². The Morgan fingerprint density at radius 2 is 2.11 bits per heavy atom.